The van der Waals surface area contributed by atoms with Gasteiger partial charge in [0.05, 0.1) is 23.4 Å². The Bertz CT molecular complexity index is 1220. The number of fused-ring (bicyclic) bond motifs is 1. The van der Waals surface area contributed by atoms with Gasteiger partial charge in [0.2, 0.25) is 5.91 Å². The van der Waals surface area contributed by atoms with Crippen LogP contribution in [-0.2, 0) is 11.2 Å². The van der Waals surface area contributed by atoms with Crippen LogP contribution in [0.3, 0.4) is 0 Å². The summed E-state index contributed by atoms with van der Waals surface area (Å²) in [5.74, 6) is -0.185. The lowest BCUT2D eigenvalue weighted by Gasteiger charge is -2.28. The number of aromatic nitrogens is 2. The Hall–Kier alpha value is -3.45. The van der Waals surface area contributed by atoms with Crippen LogP contribution < -0.4 is 10.2 Å². The molecule has 0 fully saturated rings. The van der Waals surface area contributed by atoms with Gasteiger partial charge in [-0.05, 0) is 75.1 Å². The van der Waals surface area contributed by atoms with Crippen molar-refractivity contribution in [2.45, 2.75) is 46.6 Å². The first-order valence-corrected chi connectivity index (χ1v) is 11.7. The maximum absolute atomic E-state index is 13.8. The van der Waals surface area contributed by atoms with Crippen LogP contribution in [0.5, 0.6) is 0 Å². The van der Waals surface area contributed by atoms with E-state index in [2.05, 4.69) is 10.4 Å². The van der Waals surface area contributed by atoms with Gasteiger partial charge in [0.1, 0.15) is 0 Å². The van der Waals surface area contributed by atoms with Crippen LogP contribution in [0.15, 0.2) is 54.7 Å². The molecule has 1 aliphatic rings. The van der Waals surface area contributed by atoms with Gasteiger partial charge in [-0.3, -0.25) is 9.59 Å². The summed E-state index contributed by atoms with van der Waals surface area (Å²) in [5, 5.41) is 16.7. The highest BCUT2D eigenvalue weighted by Crippen LogP contribution is 2.37. The number of benzene rings is 2. The highest BCUT2D eigenvalue weighted by molar-refractivity contribution is 6.07. The Kier molecular flexibility index (Phi) is 6.57. The molecule has 1 aromatic heterocycles. The zero-order valence-electron chi connectivity index (χ0n) is 20.2. The summed E-state index contributed by atoms with van der Waals surface area (Å²) in [5.41, 5.74) is 4.44. The van der Waals surface area contributed by atoms with E-state index in [1.807, 2.05) is 75.5 Å². The van der Waals surface area contributed by atoms with Crippen molar-refractivity contribution < 1.29 is 14.7 Å². The van der Waals surface area contributed by atoms with Crippen molar-refractivity contribution in [2.75, 3.05) is 18.1 Å². The van der Waals surface area contributed by atoms with Gasteiger partial charge in [0, 0.05) is 30.0 Å². The quantitative estimate of drug-likeness (QED) is 0.609. The molecule has 0 aliphatic carbocycles. The Balaban J connectivity index is 1.64. The van der Waals surface area contributed by atoms with Crippen molar-refractivity contribution >= 4 is 17.5 Å². The van der Waals surface area contributed by atoms with E-state index in [1.54, 1.807) is 16.5 Å². The molecular weight excluding hydrogens is 428 g/mol. The minimum Gasteiger partial charge on any atom is -0.394 e. The molecule has 178 valence electrons. The molecule has 3 aromatic rings. The number of nitrogens with one attached hydrogen (secondary N) is 1. The Morgan fingerprint density at radius 1 is 1.18 bits per heavy atom. The number of aliphatic hydroxyl groups is 1. The molecule has 2 atom stereocenters. The fraction of sp³-hybridized carbons (Fsp3) is 0.370. The van der Waals surface area contributed by atoms with Crippen LogP contribution in [0, 0.1) is 19.3 Å². The number of anilines is 1. The monoisotopic (exact) mass is 460 g/mol. The van der Waals surface area contributed by atoms with Gasteiger partial charge in [-0.15, -0.1) is 0 Å². The summed E-state index contributed by atoms with van der Waals surface area (Å²) in [7, 11) is 0. The van der Waals surface area contributed by atoms with Gasteiger partial charge in [-0.1, -0.05) is 25.1 Å². The molecule has 0 bridgehead atoms. The van der Waals surface area contributed by atoms with Crippen LogP contribution in [0.25, 0.3) is 5.69 Å². The number of rotatable bonds is 5. The van der Waals surface area contributed by atoms with Gasteiger partial charge >= 0.3 is 0 Å². The van der Waals surface area contributed by atoms with Gasteiger partial charge in [-0.2, -0.15) is 5.10 Å². The third-order valence-corrected chi connectivity index (χ3v) is 6.62. The maximum Gasteiger partial charge on any atom is 0.258 e. The largest absolute Gasteiger partial charge is 0.394 e. The third kappa shape index (κ3) is 4.61. The first-order valence-electron chi connectivity index (χ1n) is 11.7. The maximum atomic E-state index is 13.8. The molecule has 7 heteroatoms. The number of carbonyl (C=O) groups excluding carboxylic acids is 2. The van der Waals surface area contributed by atoms with Crippen LogP contribution in [0.4, 0.5) is 5.69 Å². The van der Waals surface area contributed by atoms with E-state index >= 15 is 0 Å². The lowest BCUT2D eigenvalue weighted by Crippen LogP contribution is -2.46. The molecule has 0 saturated carbocycles. The second kappa shape index (κ2) is 9.43. The standard InChI is InChI=1S/C27H32N4O3/c1-18-15-22(31-13-11-19(2)29-31)9-10-23(18)25(33)30-14-12-27(4,26(34)28-20(3)17-32)16-21-7-5-6-8-24(21)30/h5-11,13,15,20,32H,12,14,16-17H2,1-4H3,(H,28,34)/t20-,27+/m0/s1. The lowest BCUT2D eigenvalue weighted by molar-refractivity contribution is -0.131. The number of aliphatic hydroxyl groups excluding tert-OH is 1. The Morgan fingerprint density at radius 3 is 2.62 bits per heavy atom. The van der Waals surface area contributed by atoms with E-state index in [0.717, 1.165) is 28.2 Å². The van der Waals surface area contributed by atoms with E-state index in [1.165, 1.54) is 0 Å². The summed E-state index contributed by atoms with van der Waals surface area (Å²) in [6.45, 7) is 7.90. The molecule has 34 heavy (non-hydrogen) atoms. The summed E-state index contributed by atoms with van der Waals surface area (Å²) in [6.07, 6.45) is 2.94. The predicted octanol–water partition coefficient (Wildman–Crippen LogP) is 3.59. The molecule has 2 amide bonds. The molecule has 1 aliphatic heterocycles. The van der Waals surface area contributed by atoms with Crippen molar-refractivity contribution in [1.29, 1.82) is 0 Å². The van der Waals surface area contributed by atoms with Crippen molar-refractivity contribution in [2.24, 2.45) is 5.41 Å². The normalized spacial score (nSPS) is 18.7. The minimum atomic E-state index is -0.689. The van der Waals surface area contributed by atoms with E-state index in [4.69, 9.17) is 0 Å². The predicted molar refractivity (Wildman–Crippen MR) is 132 cm³/mol. The summed E-state index contributed by atoms with van der Waals surface area (Å²) >= 11 is 0. The first-order chi connectivity index (χ1) is 16.2. The number of nitrogens with zero attached hydrogens (tertiary/aromatic N) is 3. The van der Waals surface area contributed by atoms with Crippen LogP contribution in [0.1, 0.15) is 47.4 Å². The van der Waals surface area contributed by atoms with Gasteiger partial charge < -0.3 is 15.3 Å². The van der Waals surface area contributed by atoms with Crippen LogP contribution in [0.2, 0.25) is 0 Å². The Morgan fingerprint density at radius 2 is 1.94 bits per heavy atom. The molecule has 4 rings (SSSR count). The van der Waals surface area contributed by atoms with Crippen LogP contribution in [-0.4, -0.2) is 45.9 Å². The number of hydrogen-bond donors (Lipinski definition) is 2. The van der Waals surface area contributed by atoms with E-state index < -0.39 is 5.41 Å². The number of aryl methyl sites for hydroxylation is 2. The lowest BCUT2D eigenvalue weighted by atomic mass is 9.80. The van der Waals surface area contributed by atoms with Gasteiger partial charge in [0.15, 0.2) is 0 Å². The number of hydrogen-bond acceptors (Lipinski definition) is 4. The van der Waals surface area contributed by atoms with Gasteiger partial charge in [-0.25, -0.2) is 4.68 Å². The molecule has 2 N–H and O–H groups in total. The molecule has 2 heterocycles. The minimum absolute atomic E-state index is 0.0819. The number of amides is 2. The highest BCUT2D eigenvalue weighted by atomic mass is 16.3. The van der Waals surface area contributed by atoms with Crippen molar-refractivity contribution in [1.82, 2.24) is 15.1 Å². The first kappa shape index (κ1) is 23.7. The second-order valence-corrected chi connectivity index (χ2v) is 9.53. The molecular formula is C27H32N4O3. The van der Waals surface area contributed by atoms with E-state index in [-0.39, 0.29) is 24.5 Å². The van der Waals surface area contributed by atoms with Crippen LogP contribution >= 0.6 is 0 Å². The molecule has 0 saturated heterocycles. The number of para-hydroxylation sites is 1. The molecule has 0 unspecified atom stereocenters. The van der Waals surface area contributed by atoms with Crippen molar-refractivity contribution in [3.8, 4) is 5.69 Å². The van der Waals surface area contributed by atoms with Gasteiger partial charge in [0.25, 0.3) is 5.91 Å². The highest BCUT2D eigenvalue weighted by Gasteiger charge is 2.39. The molecule has 7 nitrogen and oxygen atoms in total. The molecule has 0 spiro atoms. The zero-order chi connectivity index (χ0) is 24.5. The SMILES string of the molecule is Cc1ccn(-c2ccc(C(=O)N3CC[C@@](C)(C(=O)N[C@@H](C)CO)Cc4ccccc43)c(C)c2)n1. The fourth-order valence-electron chi connectivity index (χ4n) is 4.49. The Labute approximate surface area is 200 Å². The smallest absolute Gasteiger partial charge is 0.258 e. The van der Waals surface area contributed by atoms with E-state index in [0.29, 0.717) is 24.9 Å². The van der Waals surface area contributed by atoms with Crippen molar-refractivity contribution in [3.63, 3.8) is 0 Å². The average Bonchev–Trinajstić information content (AvgIpc) is 3.18. The zero-order valence-corrected chi connectivity index (χ0v) is 20.2. The topological polar surface area (TPSA) is 87.5 Å². The van der Waals surface area contributed by atoms with Crippen molar-refractivity contribution in [3.05, 3.63) is 77.1 Å². The van der Waals surface area contributed by atoms with E-state index in [9.17, 15) is 14.7 Å². The third-order valence-electron chi connectivity index (χ3n) is 6.62. The fourth-order valence-corrected chi connectivity index (χ4v) is 4.49. The summed E-state index contributed by atoms with van der Waals surface area (Å²) in [6, 6.07) is 15.1. The summed E-state index contributed by atoms with van der Waals surface area (Å²) in [4.78, 5) is 28.7. The molecule has 0 radical (unpaired) electrons. The number of carbonyl (C=O) groups is 2. The second-order valence-electron chi connectivity index (χ2n) is 9.53. The average molecular weight is 461 g/mol. The molecule has 2 aromatic carbocycles. The summed E-state index contributed by atoms with van der Waals surface area (Å²) < 4.78 is 1.80.